The van der Waals surface area contributed by atoms with Gasteiger partial charge in [-0.1, -0.05) is 42.5 Å². The van der Waals surface area contributed by atoms with E-state index in [4.69, 9.17) is 16.3 Å². The molecule has 94 valence electrons. The van der Waals surface area contributed by atoms with Gasteiger partial charge in [-0.15, -0.1) is 11.6 Å². The van der Waals surface area contributed by atoms with Gasteiger partial charge in [0.25, 0.3) is 0 Å². The highest BCUT2D eigenvalue weighted by Crippen LogP contribution is 2.30. The normalized spacial score (nSPS) is 12.1. The van der Waals surface area contributed by atoms with Crippen LogP contribution in [0.2, 0.25) is 0 Å². The van der Waals surface area contributed by atoms with Gasteiger partial charge in [0.2, 0.25) is 0 Å². The molecule has 0 fully saturated rings. The zero-order valence-corrected chi connectivity index (χ0v) is 12.2. The third-order valence-electron chi connectivity index (χ3n) is 2.65. The van der Waals surface area contributed by atoms with E-state index in [0.29, 0.717) is 5.88 Å². The Morgan fingerprint density at radius 2 is 1.67 bits per heavy atom. The predicted molar refractivity (Wildman–Crippen MR) is 79.3 cm³/mol. The average Bonchev–Trinajstić information content (AvgIpc) is 2.42. The lowest BCUT2D eigenvalue weighted by molar-refractivity contribution is 0.201. The molecule has 1 atom stereocenters. The summed E-state index contributed by atoms with van der Waals surface area (Å²) in [5, 5.41) is 0. The van der Waals surface area contributed by atoms with E-state index >= 15 is 0 Å². The lowest BCUT2D eigenvalue weighted by atomic mass is 10.1. The fourth-order valence-corrected chi connectivity index (χ4v) is 2.33. The summed E-state index contributed by atoms with van der Waals surface area (Å²) < 4.78 is 7.00. The largest absolute Gasteiger partial charge is 0.485 e. The number of para-hydroxylation sites is 1. The van der Waals surface area contributed by atoms with Crippen LogP contribution in [0.4, 0.5) is 0 Å². The van der Waals surface area contributed by atoms with Crippen LogP contribution in [0.25, 0.3) is 0 Å². The lowest BCUT2D eigenvalue weighted by Crippen LogP contribution is -2.08. The van der Waals surface area contributed by atoms with Gasteiger partial charge in [0.15, 0.2) is 0 Å². The van der Waals surface area contributed by atoms with Gasteiger partial charge in [-0.05, 0) is 33.6 Å². The second kappa shape index (κ2) is 6.81. The molecular weight excluding hydrogens is 312 g/mol. The second-order valence-corrected chi connectivity index (χ2v) is 5.16. The standard InChI is InChI=1S/C15H14BrClO/c16-13-8-4-5-9-15(13)18-14(10-11-17)12-6-2-1-3-7-12/h1-9,14H,10-11H2. The minimum atomic E-state index is -0.0117. The lowest BCUT2D eigenvalue weighted by Gasteiger charge is -2.19. The third kappa shape index (κ3) is 3.50. The van der Waals surface area contributed by atoms with Crippen molar-refractivity contribution in [2.75, 3.05) is 5.88 Å². The van der Waals surface area contributed by atoms with Gasteiger partial charge in [-0.25, -0.2) is 0 Å². The summed E-state index contributed by atoms with van der Waals surface area (Å²) in [6.07, 6.45) is 0.773. The number of alkyl halides is 1. The van der Waals surface area contributed by atoms with Crippen LogP contribution in [0.5, 0.6) is 5.75 Å². The molecule has 0 bridgehead atoms. The highest BCUT2D eigenvalue weighted by molar-refractivity contribution is 9.10. The van der Waals surface area contributed by atoms with Crippen LogP contribution in [-0.4, -0.2) is 5.88 Å². The van der Waals surface area contributed by atoms with Gasteiger partial charge in [-0.3, -0.25) is 0 Å². The van der Waals surface area contributed by atoms with Crippen molar-refractivity contribution in [2.24, 2.45) is 0 Å². The summed E-state index contributed by atoms with van der Waals surface area (Å²) in [6, 6.07) is 18.0. The van der Waals surface area contributed by atoms with Crippen molar-refractivity contribution in [3.8, 4) is 5.75 Å². The summed E-state index contributed by atoms with van der Waals surface area (Å²) in [5.74, 6) is 1.42. The van der Waals surface area contributed by atoms with Crippen molar-refractivity contribution in [3.05, 3.63) is 64.6 Å². The quantitative estimate of drug-likeness (QED) is 0.687. The summed E-state index contributed by atoms with van der Waals surface area (Å²) in [7, 11) is 0. The van der Waals surface area contributed by atoms with Crippen molar-refractivity contribution in [1.29, 1.82) is 0 Å². The Bertz CT molecular complexity index is 487. The van der Waals surface area contributed by atoms with Crippen LogP contribution in [0, 0.1) is 0 Å². The number of benzene rings is 2. The van der Waals surface area contributed by atoms with E-state index in [2.05, 4.69) is 28.1 Å². The highest BCUT2D eigenvalue weighted by Gasteiger charge is 2.13. The summed E-state index contributed by atoms with van der Waals surface area (Å²) in [4.78, 5) is 0. The van der Waals surface area contributed by atoms with E-state index < -0.39 is 0 Å². The molecule has 1 nitrogen and oxygen atoms in total. The summed E-state index contributed by atoms with van der Waals surface area (Å²) >= 11 is 9.35. The molecular formula is C15H14BrClO. The second-order valence-electron chi connectivity index (χ2n) is 3.93. The van der Waals surface area contributed by atoms with Crippen molar-refractivity contribution >= 4 is 27.5 Å². The molecule has 3 heteroatoms. The molecule has 1 unspecified atom stereocenters. The molecule has 0 N–H and O–H groups in total. The SMILES string of the molecule is ClCCC(Oc1ccccc1Br)c1ccccc1. The molecule has 2 rings (SSSR count). The third-order valence-corrected chi connectivity index (χ3v) is 3.52. The first kappa shape index (κ1) is 13.4. The van der Waals surface area contributed by atoms with Crippen molar-refractivity contribution < 1.29 is 4.74 Å². The molecule has 2 aromatic carbocycles. The fourth-order valence-electron chi connectivity index (χ4n) is 1.75. The average molecular weight is 326 g/mol. The first-order valence-electron chi connectivity index (χ1n) is 5.83. The molecule has 0 amide bonds. The fraction of sp³-hybridized carbons (Fsp3) is 0.200. The first-order chi connectivity index (χ1) is 8.81. The number of halogens is 2. The molecule has 0 aliphatic heterocycles. The van der Waals surface area contributed by atoms with Gasteiger partial charge in [0.1, 0.15) is 11.9 Å². The molecule has 0 aromatic heterocycles. The zero-order chi connectivity index (χ0) is 12.8. The van der Waals surface area contributed by atoms with Gasteiger partial charge in [0.05, 0.1) is 4.47 Å². The highest BCUT2D eigenvalue weighted by atomic mass is 79.9. The topological polar surface area (TPSA) is 9.23 Å². The Morgan fingerprint density at radius 3 is 2.33 bits per heavy atom. The number of hydrogen-bond donors (Lipinski definition) is 0. The van der Waals surface area contributed by atoms with Crippen LogP contribution in [-0.2, 0) is 0 Å². The minimum Gasteiger partial charge on any atom is -0.485 e. The van der Waals surface area contributed by atoms with Crippen molar-refractivity contribution in [1.82, 2.24) is 0 Å². The smallest absolute Gasteiger partial charge is 0.134 e. The van der Waals surface area contributed by atoms with E-state index in [1.165, 1.54) is 0 Å². The Kier molecular flexibility index (Phi) is 5.09. The first-order valence-corrected chi connectivity index (χ1v) is 7.16. The molecule has 0 saturated heterocycles. The van der Waals surface area contributed by atoms with E-state index in [-0.39, 0.29) is 6.10 Å². The van der Waals surface area contributed by atoms with Crippen LogP contribution >= 0.6 is 27.5 Å². The van der Waals surface area contributed by atoms with E-state index in [1.807, 2.05) is 42.5 Å². The molecule has 0 aliphatic carbocycles. The maximum absolute atomic E-state index is 6.04. The van der Waals surface area contributed by atoms with Crippen LogP contribution < -0.4 is 4.74 Å². The molecule has 0 aliphatic rings. The summed E-state index contributed by atoms with van der Waals surface area (Å²) in [6.45, 7) is 0. The molecule has 0 spiro atoms. The van der Waals surface area contributed by atoms with Gasteiger partial charge in [-0.2, -0.15) is 0 Å². The summed E-state index contributed by atoms with van der Waals surface area (Å²) in [5.41, 5.74) is 1.15. The molecule has 2 aromatic rings. The maximum Gasteiger partial charge on any atom is 0.134 e. The van der Waals surface area contributed by atoms with Gasteiger partial charge in [0, 0.05) is 12.3 Å². The molecule has 18 heavy (non-hydrogen) atoms. The van der Waals surface area contributed by atoms with E-state index in [9.17, 15) is 0 Å². The number of rotatable bonds is 5. The molecule has 0 radical (unpaired) electrons. The number of hydrogen-bond acceptors (Lipinski definition) is 1. The monoisotopic (exact) mass is 324 g/mol. The maximum atomic E-state index is 6.04. The van der Waals surface area contributed by atoms with Crippen LogP contribution in [0.15, 0.2) is 59.1 Å². The van der Waals surface area contributed by atoms with E-state index in [0.717, 1.165) is 22.2 Å². The predicted octanol–water partition coefficient (Wildman–Crippen LogP) is 5.20. The number of ether oxygens (including phenoxy) is 1. The molecule has 0 heterocycles. The van der Waals surface area contributed by atoms with E-state index in [1.54, 1.807) is 0 Å². The van der Waals surface area contributed by atoms with Gasteiger partial charge >= 0.3 is 0 Å². The molecule has 0 saturated carbocycles. The zero-order valence-electron chi connectivity index (χ0n) is 9.85. The Morgan fingerprint density at radius 1 is 1.00 bits per heavy atom. The Labute approximate surface area is 121 Å². The van der Waals surface area contributed by atoms with Crippen LogP contribution in [0.3, 0.4) is 0 Å². The Hall–Kier alpha value is -0.990. The minimum absolute atomic E-state index is 0.0117. The van der Waals surface area contributed by atoms with Crippen LogP contribution in [0.1, 0.15) is 18.1 Å². The Balaban J connectivity index is 2.19. The van der Waals surface area contributed by atoms with Crippen molar-refractivity contribution in [3.63, 3.8) is 0 Å². The van der Waals surface area contributed by atoms with Gasteiger partial charge < -0.3 is 4.74 Å². The van der Waals surface area contributed by atoms with Crippen molar-refractivity contribution in [2.45, 2.75) is 12.5 Å².